The molecule has 0 bridgehead atoms. The second-order valence-corrected chi connectivity index (χ2v) is 5.29. The molecule has 1 aromatic heterocycles. The van der Waals surface area contributed by atoms with Gasteiger partial charge in [0.25, 0.3) is 5.56 Å². The van der Waals surface area contributed by atoms with Crippen molar-refractivity contribution in [2.24, 2.45) is 0 Å². The van der Waals surface area contributed by atoms with Crippen LogP contribution in [0.2, 0.25) is 0 Å². The second kappa shape index (κ2) is 5.63. The second-order valence-electron chi connectivity index (χ2n) is 5.29. The monoisotopic (exact) mass is 273 g/mol. The first-order valence-corrected chi connectivity index (χ1v) is 7.11. The fourth-order valence-electron chi connectivity index (χ4n) is 2.71. The predicted octanol–water partition coefficient (Wildman–Crippen LogP) is 1.83. The molecule has 2 aromatic rings. The van der Waals surface area contributed by atoms with Gasteiger partial charge >= 0.3 is 0 Å². The van der Waals surface area contributed by atoms with Gasteiger partial charge in [-0.15, -0.1) is 0 Å². The van der Waals surface area contributed by atoms with Crippen LogP contribution < -0.4 is 15.6 Å². The van der Waals surface area contributed by atoms with E-state index in [0.717, 1.165) is 24.2 Å². The van der Waals surface area contributed by atoms with Gasteiger partial charge in [0, 0.05) is 12.1 Å². The molecule has 1 aliphatic rings. The van der Waals surface area contributed by atoms with E-state index >= 15 is 0 Å². The Morgan fingerprint density at radius 3 is 3.10 bits per heavy atom. The van der Waals surface area contributed by atoms with Gasteiger partial charge in [-0.05, 0) is 38.4 Å². The van der Waals surface area contributed by atoms with Gasteiger partial charge in [0.1, 0.15) is 11.9 Å². The number of H-pyrrole nitrogens is 1. The number of hydrogen-bond acceptors (Lipinski definition) is 4. The van der Waals surface area contributed by atoms with Gasteiger partial charge < -0.3 is 15.0 Å². The van der Waals surface area contributed by atoms with Crippen LogP contribution in [-0.2, 0) is 0 Å². The van der Waals surface area contributed by atoms with E-state index in [-0.39, 0.29) is 11.7 Å². The largest absolute Gasteiger partial charge is 0.489 e. The number of rotatable bonds is 3. The Hall–Kier alpha value is -1.88. The van der Waals surface area contributed by atoms with Crippen LogP contribution in [0.15, 0.2) is 29.3 Å². The fourth-order valence-corrected chi connectivity index (χ4v) is 2.71. The van der Waals surface area contributed by atoms with Gasteiger partial charge in [-0.2, -0.15) is 4.98 Å². The van der Waals surface area contributed by atoms with Gasteiger partial charge in [0.2, 0.25) is 0 Å². The summed E-state index contributed by atoms with van der Waals surface area (Å²) >= 11 is 0. The number of aromatic amines is 1. The highest BCUT2D eigenvalue weighted by Gasteiger charge is 2.20. The van der Waals surface area contributed by atoms with E-state index in [1.165, 1.54) is 19.2 Å². The topological polar surface area (TPSA) is 67.0 Å². The average molecular weight is 273 g/mol. The zero-order chi connectivity index (χ0) is 13.9. The Bertz CT molecular complexity index is 647. The van der Waals surface area contributed by atoms with Crippen LogP contribution in [0.3, 0.4) is 0 Å². The number of benzene rings is 1. The van der Waals surface area contributed by atoms with Crippen molar-refractivity contribution >= 4 is 10.9 Å². The first-order chi connectivity index (χ1) is 9.74. The Balaban J connectivity index is 1.78. The standard InChI is InChI=1S/C15H19N3O2/c1-10(13-4-2-3-7-16-13)20-11-5-6-12-14(8-11)17-9-18-15(12)19/h5-6,8-10,13,16H,2-4,7H2,1H3,(H,17,18,19). The van der Waals surface area contributed by atoms with Crippen LogP contribution in [0.4, 0.5) is 0 Å². The molecule has 20 heavy (non-hydrogen) atoms. The Labute approximate surface area is 117 Å². The molecule has 0 aliphatic carbocycles. The number of fused-ring (bicyclic) bond motifs is 1. The molecule has 1 aromatic carbocycles. The third kappa shape index (κ3) is 2.67. The summed E-state index contributed by atoms with van der Waals surface area (Å²) in [6.07, 6.45) is 5.17. The van der Waals surface area contributed by atoms with E-state index in [0.29, 0.717) is 11.4 Å². The van der Waals surface area contributed by atoms with Crippen molar-refractivity contribution in [3.05, 3.63) is 34.9 Å². The van der Waals surface area contributed by atoms with Crippen molar-refractivity contribution in [1.82, 2.24) is 15.3 Å². The molecule has 0 spiro atoms. The Kier molecular flexibility index (Phi) is 3.69. The number of aromatic nitrogens is 2. The minimum atomic E-state index is -0.215. The molecule has 3 rings (SSSR count). The molecule has 2 heterocycles. The van der Waals surface area contributed by atoms with Gasteiger partial charge in [0.05, 0.1) is 17.2 Å². The van der Waals surface area contributed by atoms with Crippen molar-refractivity contribution in [1.29, 1.82) is 0 Å². The normalized spacial score (nSPS) is 20.8. The smallest absolute Gasteiger partial charge is 0.280 e. The third-order valence-corrected chi connectivity index (χ3v) is 3.86. The average Bonchev–Trinajstić information content (AvgIpc) is 2.48. The third-order valence-electron chi connectivity index (χ3n) is 3.86. The molecule has 2 unspecified atom stereocenters. The van der Waals surface area contributed by atoms with Crippen molar-refractivity contribution in [2.75, 3.05) is 6.54 Å². The van der Waals surface area contributed by atoms with Crippen LogP contribution in [0.25, 0.3) is 10.9 Å². The number of hydrogen-bond donors (Lipinski definition) is 2. The van der Waals surface area contributed by atoms with Crippen molar-refractivity contribution in [3.8, 4) is 5.75 Å². The summed E-state index contributed by atoms with van der Waals surface area (Å²) < 4.78 is 6.00. The quantitative estimate of drug-likeness (QED) is 0.895. The van der Waals surface area contributed by atoms with Gasteiger partial charge in [-0.3, -0.25) is 4.79 Å². The maximum atomic E-state index is 11.6. The molecule has 106 valence electrons. The van der Waals surface area contributed by atoms with Crippen molar-refractivity contribution < 1.29 is 4.74 Å². The van der Waals surface area contributed by atoms with E-state index in [1.54, 1.807) is 6.07 Å². The van der Waals surface area contributed by atoms with Crippen LogP contribution in [0, 0.1) is 0 Å². The molecule has 2 N–H and O–H groups in total. The van der Waals surface area contributed by atoms with E-state index in [1.807, 2.05) is 12.1 Å². The number of nitrogens with one attached hydrogen (secondary N) is 2. The molecule has 1 saturated heterocycles. The van der Waals surface area contributed by atoms with Crippen LogP contribution in [-0.4, -0.2) is 28.7 Å². The maximum Gasteiger partial charge on any atom is 0.280 e. The fraction of sp³-hybridized carbons (Fsp3) is 0.467. The Morgan fingerprint density at radius 1 is 1.40 bits per heavy atom. The SMILES string of the molecule is CC(Oc1ccc2c(=O)nc[nH]c2c1)C1CCCCN1. The molecular weight excluding hydrogens is 254 g/mol. The predicted molar refractivity (Wildman–Crippen MR) is 78.1 cm³/mol. The van der Waals surface area contributed by atoms with Crippen LogP contribution in [0.5, 0.6) is 5.75 Å². The lowest BCUT2D eigenvalue weighted by Gasteiger charge is -2.29. The highest BCUT2D eigenvalue weighted by molar-refractivity contribution is 5.78. The zero-order valence-corrected chi connectivity index (χ0v) is 11.6. The van der Waals surface area contributed by atoms with Crippen molar-refractivity contribution in [2.45, 2.75) is 38.3 Å². The van der Waals surface area contributed by atoms with Crippen LogP contribution in [0.1, 0.15) is 26.2 Å². The molecular formula is C15H19N3O2. The summed E-state index contributed by atoms with van der Waals surface area (Å²) in [6.45, 7) is 3.15. The summed E-state index contributed by atoms with van der Waals surface area (Å²) in [7, 11) is 0. The lowest BCUT2D eigenvalue weighted by molar-refractivity contribution is 0.153. The van der Waals surface area contributed by atoms with E-state index in [9.17, 15) is 4.79 Å². The van der Waals surface area contributed by atoms with E-state index in [2.05, 4.69) is 22.2 Å². The van der Waals surface area contributed by atoms with E-state index in [4.69, 9.17) is 4.74 Å². The molecule has 5 heteroatoms. The molecule has 0 amide bonds. The number of piperidine rings is 1. The lowest BCUT2D eigenvalue weighted by Crippen LogP contribution is -2.44. The van der Waals surface area contributed by atoms with Gasteiger partial charge in [-0.1, -0.05) is 6.42 Å². The molecule has 2 atom stereocenters. The summed E-state index contributed by atoms with van der Waals surface area (Å²) in [5.41, 5.74) is 0.540. The molecule has 1 fully saturated rings. The summed E-state index contributed by atoms with van der Waals surface area (Å²) in [4.78, 5) is 18.3. The summed E-state index contributed by atoms with van der Waals surface area (Å²) in [5, 5.41) is 4.08. The van der Waals surface area contributed by atoms with Crippen molar-refractivity contribution in [3.63, 3.8) is 0 Å². The van der Waals surface area contributed by atoms with E-state index < -0.39 is 0 Å². The zero-order valence-electron chi connectivity index (χ0n) is 11.6. The summed E-state index contributed by atoms with van der Waals surface area (Å²) in [5.74, 6) is 0.777. The minimum absolute atomic E-state index is 0.112. The van der Waals surface area contributed by atoms with Gasteiger partial charge in [0.15, 0.2) is 0 Å². The minimum Gasteiger partial charge on any atom is -0.489 e. The first-order valence-electron chi connectivity index (χ1n) is 7.11. The number of ether oxygens (including phenoxy) is 1. The maximum absolute atomic E-state index is 11.6. The molecule has 0 radical (unpaired) electrons. The first kappa shape index (κ1) is 13.1. The summed E-state index contributed by atoms with van der Waals surface area (Å²) in [6, 6.07) is 5.85. The Morgan fingerprint density at radius 2 is 2.30 bits per heavy atom. The highest BCUT2D eigenvalue weighted by atomic mass is 16.5. The molecule has 1 aliphatic heterocycles. The number of nitrogens with zero attached hydrogens (tertiary/aromatic N) is 1. The lowest BCUT2D eigenvalue weighted by atomic mass is 10.0. The van der Waals surface area contributed by atoms with Crippen LogP contribution >= 0.6 is 0 Å². The highest BCUT2D eigenvalue weighted by Crippen LogP contribution is 2.20. The molecule has 5 nitrogen and oxygen atoms in total. The molecule has 0 saturated carbocycles. The van der Waals surface area contributed by atoms with Gasteiger partial charge in [-0.25, -0.2) is 0 Å².